The maximum atomic E-state index is 5.80. The summed E-state index contributed by atoms with van der Waals surface area (Å²) in [4.78, 5) is 0. The molecule has 0 aliphatic rings. The lowest BCUT2D eigenvalue weighted by molar-refractivity contribution is 0.216. The fourth-order valence-corrected chi connectivity index (χ4v) is 2.45. The number of nitrogens with two attached hydrogens (primary N) is 1. The number of halogens is 1. The number of rotatable bonds is 7. The maximum absolute atomic E-state index is 5.80. The van der Waals surface area contributed by atoms with Gasteiger partial charge in [0, 0.05) is 4.47 Å². The van der Waals surface area contributed by atoms with Crippen molar-refractivity contribution in [3.05, 3.63) is 58.1 Å². The first kappa shape index (κ1) is 15.9. The van der Waals surface area contributed by atoms with Crippen molar-refractivity contribution in [3.63, 3.8) is 0 Å². The van der Waals surface area contributed by atoms with Gasteiger partial charge in [-0.3, -0.25) is 0 Å². The molecule has 0 atom stereocenters. The van der Waals surface area contributed by atoms with E-state index >= 15 is 0 Å². The first-order chi connectivity index (χ1) is 10.2. The van der Waals surface area contributed by atoms with Crippen LogP contribution in [0.1, 0.15) is 11.1 Å². The molecular formula is C17H20BrNO2. The molecule has 0 aliphatic carbocycles. The Kier molecular flexibility index (Phi) is 6.08. The molecule has 0 saturated carbocycles. The summed E-state index contributed by atoms with van der Waals surface area (Å²) in [6.07, 6.45) is 0.823. The molecule has 21 heavy (non-hydrogen) atoms. The first-order valence-corrected chi connectivity index (χ1v) is 7.79. The van der Waals surface area contributed by atoms with E-state index in [2.05, 4.69) is 28.9 Å². The Bertz CT molecular complexity index is 587. The summed E-state index contributed by atoms with van der Waals surface area (Å²) in [5.74, 6) is 1.72. The average Bonchev–Trinajstić information content (AvgIpc) is 2.46. The van der Waals surface area contributed by atoms with Crippen molar-refractivity contribution in [2.45, 2.75) is 13.3 Å². The Labute approximate surface area is 134 Å². The number of benzene rings is 2. The van der Waals surface area contributed by atoms with Crippen LogP contribution in [0.25, 0.3) is 0 Å². The van der Waals surface area contributed by atoms with Crippen LogP contribution in [0.2, 0.25) is 0 Å². The van der Waals surface area contributed by atoms with Crippen molar-refractivity contribution in [2.24, 2.45) is 5.73 Å². The van der Waals surface area contributed by atoms with E-state index in [1.165, 1.54) is 5.56 Å². The van der Waals surface area contributed by atoms with E-state index in [9.17, 15) is 0 Å². The molecule has 0 unspecified atom stereocenters. The Morgan fingerprint density at radius 3 is 2.62 bits per heavy atom. The van der Waals surface area contributed by atoms with Crippen LogP contribution in [0, 0.1) is 6.92 Å². The molecule has 0 heterocycles. The number of aryl methyl sites for hydroxylation is 1. The molecular weight excluding hydrogens is 330 g/mol. The van der Waals surface area contributed by atoms with Crippen LogP contribution >= 0.6 is 15.9 Å². The molecule has 0 radical (unpaired) electrons. The SMILES string of the molecule is Cc1ccc(OCCOc2cccc(Br)c2)c(CCN)c1. The second kappa shape index (κ2) is 8.05. The third kappa shape index (κ3) is 5.06. The molecule has 0 aliphatic heterocycles. The first-order valence-electron chi connectivity index (χ1n) is 7.00. The highest BCUT2D eigenvalue weighted by atomic mass is 79.9. The zero-order chi connectivity index (χ0) is 15.1. The number of ether oxygens (including phenoxy) is 2. The van der Waals surface area contributed by atoms with Gasteiger partial charge in [-0.2, -0.15) is 0 Å². The molecule has 0 amide bonds. The summed E-state index contributed by atoms with van der Waals surface area (Å²) in [6, 6.07) is 13.9. The minimum atomic E-state index is 0.506. The van der Waals surface area contributed by atoms with E-state index < -0.39 is 0 Å². The average molecular weight is 350 g/mol. The molecule has 2 rings (SSSR count). The van der Waals surface area contributed by atoms with E-state index in [1.54, 1.807) is 0 Å². The predicted octanol–water partition coefficient (Wildman–Crippen LogP) is 3.72. The monoisotopic (exact) mass is 349 g/mol. The van der Waals surface area contributed by atoms with E-state index in [4.69, 9.17) is 15.2 Å². The van der Waals surface area contributed by atoms with Crippen LogP contribution in [-0.4, -0.2) is 19.8 Å². The Balaban J connectivity index is 1.86. The van der Waals surface area contributed by atoms with Crippen molar-refractivity contribution < 1.29 is 9.47 Å². The largest absolute Gasteiger partial charge is 0.490 e. The summed E-state index contributed by atoms with van der Waals surface area (Å²) in [5.41, 5.74) is 8.01. The van der Waals surface area contributed by atoms with Gasteiger partial charge in [0.2, 0.25) is 0 Å². The Morgan fingerprint density at radius 2 is 1.86 bits per heavy atom. The predicted molar refractivity (Wildman–Crippen MR) is 89.1 cm³/mol. The summed E-state index contributed by atoms with van der Waals surface area (Å²) < 4.78 is 12.5. The highest BCUT2D eigenvalue weighted by Gasteiger charge is 2.04. The second-order valence-corrected chi connectivity index (χ2v) is 5.72. The molecule has 112 valence electrons. The molecule has 0 bridgehead atoms. The lowest BCUT2D eigenvalue weighted by Crippen LogP contribution is -2.11. The lowest BCUT2D eigenvalue weighted by atomic mass is 10.1. The topological polar surface area (TPSA) is 44.5 Å². The van der Waals surface area contributed by atoms with Gasteiger partial charge in [0.1, 0.15) is 24.7 Å². The maximum Gasteiger partial charge on any atom is 0.122 e. The molecule has 0 fully saturated rings. The molecule has 2 aromatic carbocycles. The van der Waals surface area contributed by atoms with Crippen LogP contribution in [0.15, 0.2) is 46.9 Å². The van der Waals surface area contributed by atoms with Gasteiger partial charge >= 0.3 is 0 Å². The van der Waals surface area contributed by atoms with Gasteiger partial charge in [0.25, 0.3) is 0 Å². The molecule has 0 saturated heterocycles. The normalized spacial score (nSPS) is 10.4. The van der Waals surface area contributed by atoms with Gasteiger partial charge in [0.15, 0.2) is 0 Å². The van der Waals surface area contributed by atoms with Gasteiger partial charge < -0.3 is 15.2 Å². The van der Waals surface area contributed by atoms with Crippen LogP contribution in [-0.2, 0) is 6.42 Å². The second-order valence-electron chi connectivity index (χ2n) is 4.80. The quantitative estimate of drug-likeness (QED) is 0.774. The van der Waals surface area contributed by atoms with Crippen molar-refractivity contribution in [3.8, 4) is 11.5 Å². The standard InChI is InChI=1S/C17H20BrNO2/c1-13-5-6-17(14(11-13)7-8-19)21-10-9-20-16-4-2-3-15(18)12-16/h2-6,11-12H,7-10,19H2,1H3. The molecule has 2 aromatic rings. The molecule has 0 aromatic heterocycles. The van der Waals surface area contributed by atoms with Crippen LogP contribution in [0.5, 0.6) is 11.5 Å². The molecule has 2 N–H and O–H groups in total. The van der Waals surface area contributed by atoms with Gasteiger partial charge in [-0.15, -0.1) is 0 Å². The summed E-state index contributed by atoms with van der Waals surface area (Å²) >= 11 is 3.42. The van der Waals surface area contributed by atoms with Gasteiger partial charge in [-0.1, -0.05) is 39.7 Å². The fraction of sp³-hybridized carbons (Fsp3) is 0.294. The van der Waals surface area contributed by atoms with E-state index in [-0.39, 0.29) is 0 Å². The zero-order valence-electron chi connectivity index (χ0n) is 12.1. The van der Waals surface area contributed by atoms with Crippen molar-refractivity contribution >= 4 is 15.9 Å². The summed E-state index contributed by atoms with van der Waals surface area (Å²) in [6.45, 7) is 3.70. The minimum absolute atomic E-state index is 0.506. The summed E-state index contributed by atoms with van der Waals surface area (Å²) in [5, 5.41) is 0. The molecule has 0 spiro atoms. The number of hydrogen-bond acceptors (Lipinski definition) is 3. The molecule has 4 heteroatoms. The highest BCUT2D eigenvalue weighted by Crippen LogP contribution is 2.21. The fourth-order valence-electron chi connectivity index (χ4n) is 2.07. The molecule has 3 nitrogen and oxygen atoms in total. The zero-order valence-corrected chi connectivity index (χ0v) is 13.7. The van der Waals surface area contributed by atoms with Crippen molar-refractivity contribution in [2.75, 3.05) is 19.8 Å². The van der Waals surface area contributed by atoms with Gasteiger partial charge in [-0.25, -0.2) is 0 Å². The smallest absolute Gasteiger partial charge is 0.122 e. The lowest BCUT2D eigenvalue weighted by Gasteiger charge is -2.12. The van der Waals surface area contributed by atoms with Crippen LogP contribution in [0.4, 0.5) is 0 Å². The van der Waals surface area contributed by atoms with E-state index in [0.29, 0.717) is 19.8 Å². The highest BCUT2D eigenvalue weighted by molar-refractivity contribution is 9.10. The van der Waals surface area contributed by atoms with Crippen LogP contribution in [0.3, 0.4) is 0 Å². The van der Waals surface area contributed by atoms with Gasteiger partial charge in [-0.05, 0) is 49.7 Å². The van der Waals surface area contributed by atoms with Crippen molar-refractivity contribution in [1.82, 2.24) is 0 Å². The number of hydrogen-bond donors (Lipinski definition) is 1. The van der Waals surface area contributed by atoms with Crippen molar-refractivity contribution in [1.29, 1.82) is 0 Å². The van der Waals surface area contributed by atoms with E-state index in [1.807, 2.05) is 36.4 Å². The minimum Gasteiger partial charge on any atom is -0.490 e. The Hall–Kier alpha value is -1.52. The summed E-state index contributed by atoms with van der Waals surface area (Å²) in [7, 11) is 0. The third-order valence-corrected chi connectivity index (χ3v) is 3.53. The van der Waals surface area contributed by atoms with Gasteiger partial charge in [0.05, 0.1) is 0 Å². The third-order valence-electron chi connectivity index (χ3n) is 3.04. The Morgan fingerprint density at radius 1 is 1.05 bits per heavy atom. The van der Waals surface area contributed by atoms with E-state index in [0.717, 1.165) is 28.0 Å². The van der Waals surface area contributed by atoms with Crippen LogP contribution < -0.4 is 15.2 Å².